The summed E-state index contributed by atoms with van der Waals surface area (Å²) in [7, 11) is 0. The van der Waals surface area contributed by atoms with Gasteiger partial charge in [-0.25, -0.2) is 0 Å². The molecule has 1 aromatic carbocycles. The number of benzene rings is 1. The Morgan fingerprint density at radius 1 is 1.08 bits per heavy atom. The van der Waals surface area contributed by atoms with Gasteiger partial charge in [0.1, 0.15) is 11.4 Å². The summed E-state index contributed by atoms with van der Waals surface area (Å²) in [6.07, 6.45) is 1.68. The number of aromatic amines is 1. The molecule has 0 aliphatic rings. The molecule has 7 nitrogen and oxygen atoms in total. The van der Waals surface area contributed by atoms with Gasteiger partial charge in [-0.2, -0.15) is 5.10 Å². The van der Waals surface area contributed by atoms with Crippen molar-refractivity contribution in [2.24, 2.45) is 0 Å². The minimum Gasteiger partial charge on any atom is -0.295 e. The van der Waals surface area contributed by atoms with Gasteiger partial charge in [0.25, 0.3) is 5.91 Å². The van der Waals surface area contributed by atoms with Gasteiger partial charge in [-0.05, 0) is 30.3 Å². The molecule has 9 heteroatoms. The number of carbonyl (C=O) groups is 1. The van der Waals surface area contributed by atoms with Gasteiger partial charge in [-0.15, -0.1) is 10.2 Å². The number of nitrogens with one attached hydrogen (secondary N) is 2. The fraction of sp³-hybridized carbons (Fsp3) is 0. The Morgan fingerprint density at radius 3 is 2.69 bits per heavy atom. The average molecular weight is 427 g/mol. The van der Waals surface area contributed by atoms with Crippen LogP contribution in [0.2, 0.25) is 0 Å². The maximum absolute atomic E-state index is 12.4. The maximum Gasteiger partial charge on any atom is 0.275 e. The summed E-state index contributed by atoms with van der Waals surface area (Å²) in [4.78, 5) is 16.6. The van der Waals surface area contributed by atoms with Crippen LogP contribution >= 0.6 is 27.3 Å². The first-order valence-electron chi connectivity index (χ1n) is 7.56. The molecule has 26 heavy (non-hydrogen) atoms. The predicted octanol–water partition coefficient (Wildman–Crippen LogP) is 4.01. The molecular weight excluding hydrogens is 416 g/mol. The normalized spacial score (nSPS) is 10.7. The zero-order valence-electron chi connectivity index (χ0n) is 13.2. The number of halogens is 1. The van der Waals surface area contributed by atoms with Crippen LogP contribution in [0.25, 0.3) is 22.0 Å². The van der Waals surface area contributed by atoms with Crippen molar-refractivity contribution in [2.75, 3.05) is 5.32 Å². The highest BCUT2D eigenvalue weighted by molar-refractivity contribution is 9.10. The SMILES string of the molecule is O=C(Nc1nnc(-c2ccccn2)s1)c1cc(-c2ccc(Br)cc2)n[nH]1. The summed E-state index contributed by atoms with van der Waals surface area (Å²) in [5.74, 6) is -0.329. The third kappa shape index (κ3) is 3.53. The Kier molecular flexibility index (Phi) is 4.55. The average Bonchev–Trinajstić information content (AvgIpc) is 3.33. The van der Waals surface area contributed by atoms with Gasteiger partial charge in [0.15, 0.2) is 5.01 Å². The van der Waals surface area contributed by atoms with Crippen molar-refractivity contribution in [1.29, 1.82) is 0 Å². The number of aromatic nitrogens is 5. The number of hydrogen-bond donors (Lipinski definition) is 2. The van der Waals surface area contributed by atoms with Gasteiger partial charge in [-0.3, -0.25) is 20.2 Å². The fourth-order valence-corrected chi connectivity index (χ4v) is 3.22. The van der Waals surface area contributed by atoms with Crippen LogP contribution in [0.4, 0.5) is 5.13 Å². The molecule has 0 radical (unpaired) electrons. The van der Waals surface area contributed by atoms with E-state index in [1.807, 2.05) is 42.5 Å². The third-order valence-electron chi connectivity index (χ3n) is 3.49. The number of anilines is 1. The Bertz CT molecular complexity index is 1040. The number of hydrogen-bond acceptors (Lipinski definition) is 6. The topological polar surface area (TPSA) is 96.5 Å². The summed E-state index contributed by atoms with van der Waals surface area (Å²) >= 11 is 4.65. The second kappa shape index (κ2) is 7.14. The Labute approximate surface area is 160 Å². The number of carbonyl (C=O) groups excluding carboxylic acids is 1. The van der Waals surface area contributed by atoms with Gasteiger partial charge >= 0.3 is 0 Å². The summed E-state index contributed by atoms with van der Waals surface area (Å²) in [6.45, 7) is 0. The van der Waals surface area contributed by atoms with E-state index in [2.05, 4.69) is 46.6 Å². The van der Waals surface area contributed by atoms with E-state index in [0.717, 1.165) is 10.0 Å². The highest BCUT2D eigenvalue weighted by Gasteiger charge is 2.14. The molecule has 0 aliphatic heterocycles. The number of pyridine rings is 1. The first kappa shape index (κ1) is 16.6. The standard InChI is InChI=1S/C17H11BrN6OS/c18-11-6-4-10(5-7-11)13-9-14(22-21-13)15(25)20-17-24-23-16(26-17)12-3-1-2-8-19-12/h1-9H,(H,21,22)(H,20,24,25). The third-order valence-corrected chi connectivity index (χ3v) is 4.88. The molecule has 3 aromatic heterocycles. The fourth-order valence-electron chi connectivity index (χ4n) is 2.24. The van der Waals surface area contributed by atoms with Crippen molar-refractivity contribution in [3.8, 4) is 22.0 Å². The van der Waals surface area contributed by atoms with Gasteiger partial charge < -0.3 is 0 Å². The molecule has 0 spiro atoms. The lowest BCUT2D eigenvalue weighted by Crippen LogP contribution is -2.12. The molecule has 0 atom stereocenters. The molecule has 4 rings (SSSR count). The number of H-pyrrole nitrogens is 1. The molecule has 1 amide bonds. The minimum atomic E-state index is -0.329. The van der Waals surface area contributed by atoms with Crippen LogP contribution in [0.1, 0.15) is 10.5 Å². The van der Waals surface area contributed by atoms with E-state index in [0.29, 0.717) is 27.2 Å². The van der Waals surface area contributed by atoms with Crippen LogP contribution in [0.15, 0.2) is 59.2 Å². The lowest BCUT2D eigenvalue weighted by Gasteiger charge is -1.97. The second-order valence-corrected chi connectivity index (χ2v) is 7.15. The minimum absolute atomic E-state index is 0.329. The Hall–Kier alpha value is -2.91. The number of nitrogens with zero attached hydrogens (tertiary/aromatic N) is 4. The van der Waals surface area contributed by atoms with E-state index in [9.17, 15) is 4.79 Å². The highest BCUT2D eigenvalue weighted by Crippen LogP contribution is 2.25. The van der Waals surface area contributed by atoms with Crippen molar-refractivity contribution in [1.82, 2.24) is 25.4 Å². The highest BCUT2D eigenvalue weighted by atomic mass is 79.9. The van der Waals surface area contributed by atoms with Crippen LogP contribution in [0.5, 0.6) is 0 Å². The van der Waals surface area contributed by atoms with Crippen molar-refractivity contribution < 1.29 is 4.79 Å². The molecule has 3 heterocycles. The van der Waals surface area contributed by atoms with Crippen molar-refractivity contribution >= 4 is 38.3 Å². The molecule has 0 bridgehead atoms. The molecule has 0 saturated heterocycles. The molecule has 0 saturated carbocycles. The first-order chi connectivity index (χ1) is 12.7. The van der Waals surface area contributed by atoms with E-state index in [4.69, 9.17) is 0 Å². The summed E-state index contributed by atoms with van der Waals surface area (Å²) in [5.41, 5.74) is 2.66. The van der Waals surface area contributed by atoms with Gasteiger partial charge in [0, 0.05) is 16.2 Å². The zero-order chi connectivity index (χ0) is 17.9. The Morgan fingerprint density at radius 2 is 1.92 bits per heavy atom. The molecule has 0 fully saturated rings. The number of amides is 1. The van der Waals surface area contributed by atoms with Crippen molar-refractivity contribution in [2.45, 2.75) is 0 Å². The van der Waals surface area contributed by atoms with Crippen LogP contribution in [0.3, 0.4) is 0 Å². The van der Waals surface area contributed by atoms with E-state index in [-0.39, 0.29) is 5.91 Å². The molecule has 0 aliphatic carbocycles. The summed E-state index contributed by atoms with van der Waals surface area (Å²) < 4.78 is 0.981. The molecule has 4 aromatic rings. The quantitative estimate of drug-likeness (QED) is 0.513. The van der Waals surface area contributed by atoms with Crippen LogP contribution in [-0.4, -0.2) is 31.3 Å². The lowest BCUT2D eigenvalue weighted by atomic mass is 10.1. The molecule has 2 N–H and O–H groups in total. The van der Waals surface area contributed by atoms with Gasteiger partial charge in [-0.1, -0.05) is 45.5 Å². The van der Waals surface area contributed by atoms with Gasteiger partial charge in [0.05, 0.1) is 5.69 Å². The van der Waals surface area contributed by atoms with Crippen LogP contribution in [0, 0.1) is 0 Å². The van der Waals surface area contributed by atoms with E-state index in [1.165, 1.54) is 11.3 Å². The molecular formula is C17H11BrN6OS. The molecule has 128 valence electrons. The van der Waals surface area contributed by atoms with E-state index < -0.39 is 0 Å². The predicted molar refractivity (Wildman–Crippen MR) is 103 cm³/mol. The second-order valence-electron chi connectivity index (χ2n) is 5.26. The van der Waals surface area contributed by atoms with E-state index in [1.54, 1.807) is 12.3 Å². The van der Waals surface area contributed by atoms with Crippen molar-refractivity contribution in [3.63, 3.8) is 0 Å². The van der Waals surface area contributed by atoms with Gasteiger partial charge in [0.2, 0.25) is 5.13 Å². The lowest BCUT2D eigenvalue weighted by molar-refractivity contribution is 0.102. The smallest absolute Gasteiger partial charge is 0.275 e. The van der Waals surface area contributed by atoms with Crippen LogP contribution < -0.4 is 5.32 Å². The van der Waals surface area contributed by atoms with Crippen molar-refractivity contribution in [3.05, 3.63) is 64.9 Å². The van der Waals surface area contributed by atoms with Crippen LogP contribution in [-0.2, 0) is 0 Å². The monoisotopic (exact) mass is 426 g/mol. The maximum atomic E-state index is 12.4. The summed E-state index contributed by atoms with van der Waals surface area (Å²) in [5, 5.41) is 18.7. The first-order valence-corrected chi connectivity index (χ1v) is 9.17. The molecule has 0 unspecified atom stereocenters. The Balaban J connectivity index is 1.49. The number of rotatable bonds is 4. The zero-order valence-corrected chi connectivity index (χ0v) is 15.6. The van der Waals surface area contributed by atoms with E-state index >= 15 is 0 Å². The largest absolute Gasteiger partial charge is 0.295 e. The summed E-state index contributed by atoms with van der Waals surface area (Å²) in [6, 6.07) is 14.9.